The Labute approximate surface area is 79.3 Å². The standard InChI is InChI=1S/C9H19N3O/c1-6-4-11-5-8(6)9(13)12-7(2)3-10/h6-8,11H,3-5,10H2,1-2H3,(H,12,13)/t6?,7-,8?/m0/s1. The van der Waals surface area contributed by atoms with Gasteiger partial charge in [-0.15, -0.1) is 0 Å². The Balaban J connectivity index is 2.38. The van der Waals surface area contributed by atoms with Crippen LogP contribution in [-0.4, -0.2) is 31.6 Å². The molecule has 4 N–H and O–H groups in total. The lowest BCUT2D eigenvalue weighted by Gasteiger charge is -2.17. The monoisotopic (exact) mass is 185 g/mol. The quantitative estimate of drug-likeness (QED) is 0.545. The van der Waals surface area contributed by atoms with Gasteiger partial charge in [0.1, 0.15) is 0 Å². The normalized spacial score (nSPS) is 30.1. The predicted molar refractivity (Wildman–Crippen MR) is 52.2 cm³/mol. The molecule has 2 unspecified atom stereocenters. The molecule has 3 atom stereocenters. The van der Waals surface area contributed by atoms with Crippen LogP contribution in [0.4, 0.5) is 0 Å². The van der Waals surface area contributed by atoms with Crippen molar-refractivity contribution in [2.45, 2.75) is 19.9 Å². The van der Waals surface area contributed by atoms with Gasteiger partial charge in [-0.3, -0.25) is 4.79 Å². The van der Waals surface area contributed by atoms with Gasteiger partial charge in [-0.25, -0.2) is 0 Å². The van der Waals surface area contributed by atoms with Crippen LogP contribution < -0.4 is 16.4 Å². The molecule has 13 heavy (non-hydrogen) atoms. The highest BCUT2D eigenvalue weighted by Crippen LogP contribution is 2.15. The number of nitrogens with two attached hydrogens (primary N) is 1. The Kier molecular flexibility index (Phi) is 3.69. The first-order valence-electron chi connectivity index (χ1n) is 4.86. The van der Waals surface area contributed by atoms with Crippen LogP contribution >= 0.6 is 0 Å². The van der Waals surface area contributed by atoms with Crippen LogP contribution in [0.25, 0.3) is 0 Å². The number of carbonyl (C=O) groups excluding carboxylic acids is 1. The summed E-state index contributed by atoms with van der Waals surface area (Å²) in [5.41, 5.74) is 5.42. The van der Waals surface area contributed by atoms with Gasteiger partial charge in [0.15, 0.2) is 0 Å². The Morgan fingerprint density at radius 2 is 2.38 bits per heavy atom. The fourth-order valence-corrected chi connectivity index (χ4v) is 1.57. The lowest BCUT2D eigenvalue weighted by atomic mass is 9.97. The fourth-order valence-electron chi connectivity index (χ4n) is 1.57. The zero-order valence-electron chi connectivity index (χ0n) is 8.34. The molecule has 1 aliphatic rings. The van der Waals surface area contributed by atoms with Gasteiger partial charge in [0, 0.05) is 19.1 Å². The third kappa shape index (κ3) is 2.67. The number of rotatable bonds is 3. The minimum absolute atomic E-state index is 0.0836. The highest BCUT2D eigenvalue weighted by Gasteiger charge is 2.29. The van der Waals surface area contributed by atoms with E-state index in [4.69, 9.17) is 5.73 Å². The molecule has 0 radical (unpaired) electrons. The molecule has 76 valence electrons. The third-order valence-corrected chi connectivity index (χ3v) is 2.60. The minimum atomic E-state index is 0.0836. The van der Waals surface area contributed by atoms with E-state index in [0.717, 1.165) is 13.1 Å². The van der Waals surface area contributed by atoms with Gasteiger partial charge in [-0.1, -0.05) is 6.92 Å². The van der Waals surface area contributed by atoms with Crippen molar-refractivity contribution in [3.05, 3.63) is 0 Å². The molecular weight excluding hydrogens is 166 g/mol. The van der Waals surface area contributed by atoms with E-state index in [1.807, 2.05) is 6.92 Å². The highest BCUT2D eigenvalue weighted by atomic mass is 16.2. The number of nitrogens with one attached hydrogen (secondary N) is 2. The van der Waals surface area contributed by atoms with Crippen LogP contribution in [-0.2, 0) is 4.79 Å². The summed E-state index contributed by atoms with van der Waals surface area (Å²) in [5.74, 6) is 0.689. The Hall–Kier alpha value is -0.610. The molecule has 1 saturated heterocycles. The second-order valence-corrected chi connectivity index (χ2v) is 3.89. The number of hydrogen-bond donors (Lipinski definition) is 3. The van der Waals surface area contributed by atoms with Crippen molar-refractivity contribution in [3.8, 4) is 0 Å². The molecule has 1 amide bonds. The first-order valence-corrected chi connectivity index (χ1v) is 4.86. The fraction of sp³-hybridized carbons (Fsp3) is 0.889. The number of carbonyl (C=O) groups is 1. The van der Waals surface area contributed by atoms with Crippen LogP contribution in [0.1, 0.15) is 13.8 Å². The zero-order chi connectivity index (χ0) is 9.84. The summed E-state index contributed by atoms with van der Waals surface area (Å²) in [6.45, 7) is 6.25. The van der Waals surface area contributed by atoms with E-state index in [1.54, 1.807) is 0 Å². The van der Waals surface area contributed by atoms with E-state index in [2.05, 4.69) is 17.6 Å². The van der Waals surface area contributed by atoms with Gasteiger partial charge in [-0.2, -0.15) is 0 Å². The predicted octanol–water partition coefficient (Wildman–Crippen LogP) is -0.695. The van der Waals surface area contributed by atoms with E-state index in [-0.39, 0.29) is 17.9 Å². The van der Waals surface area contributed by atoms with Crippen molar-refractivity contribution >= 4 is 5.91 Å². The third-order valence-electron chi connectivity index (χ3n) is 2.60. The Bertz CT molecular complexity index is 184. The maximum absolute atomic E-state index is 11.6. The van der Waals surface area contributed by atoms with Gasteiger partial charge < -0.3 is 16.4 Å². The molecule has 0 bridgehead atoms. The lowest BCUT2D eigenvalue weighted by molar-refractivity contribution is -0.125. The van der Waals surface area contributed by atoms with E-state index in [9.17, 15) is 4.79 Å². The molecule has 1 heterocycles. The van der Waals surface area contributed by atoms with Gasteiger partial charge in [-0.05, 0) is 19.4 Å². The van der Waals surface area contributed by atoms with Gasteiger partial charge in [0.2, 0.25) is 5.91 Å². The largest absolute Gasteiger partial charge is 0.352 e. The first kappa shape index (κ1) is 10.5. The number of hydrogen-bond acceptors (Lipinski definition) is 3. The molecule has 4 heteroatoms. The average molecular weight is 185 g/mol. The smallest absolute Gasteiger partial charge is 0.224 e. The van der Waals surface area contributed by atoms with Gasteiger partial charge >= 0.3 is 0 Å². The lowest BCUT2D eigenvalue weighted by Crippen LogP contribution is -2.42. The van der Waals surface area contributed by atoms with E-state index >= 15 is 0 Å². The van der Waals surface area contributed by atoms with E-state index in [0.29, 0.717) is 12.5 Å². The molecule has 0 aromatic heterocycles. The molecule has 1 fully saturated rings. The van der Waals surface area contributed by atoms with Crippen LogP contribution in [0.3, 0.4) is 0 Å². The summed E-state index contributed by atoms with van der Waals surface area (Å²) < 4.78 is 0. The van der Waals surface area contributed by atoms with Crippen molar-refractivity contribution in [3.63, 3.8) is 0 Å². The topological polar surface area (TPSA) is 67.2 Å². The van der Waals surface area contributed by atoms with E-state index < -0.39 is 0 Å². The minimum Gasteiger partial charge on any atom is -0.352 e. The average Bonchev–Trinajstić information content (AvgIpc) is 2.51. The van der Waals surface area contributed by atoms with Crippen LogP contribution in [0.15, 0.2) is 0 Å². The SMILES string of the molecule is CC1CNCC1C(=O)N[C@@H](C)CN. The van der Waals surface area contributed by atoms with Crippen LogP contribution in [0, 0.1) is 11.8 Å². The van der Waals surface area contributed by atoms with Gasteiger partial charge in [0.25, 0.3) is 0 Å². The molecule has 0 aromatic carbocycles. The zero-order valence-corrected chi connectivity index (χ0v) is 8.34. The molecule has 4 nitrogen and oxygen atoms in total. The van der Waals surface area contributed by atoms with Crippen molar-refractivity contribution in [1.82, 2.24) is 10.6 Å². The van der Waals surface area contributed by atoms with Gasteiger partial charge in [0.05, 0.1) is 5.92 Å². The van der Waals surface area contributed by atoms with Crippen LogP contribution in [0.5, 0.6) is 0 Å². The summed E-state index contributed by atoms with van der Waals surface area (Å²) in [7, 11) is 0. The maximum atomic E-state index is 11.6. The van der Waals surface area contributed by atoms with E-state index in [1.165, 1.54) is 0 Å². The van der Waals surface area contributed by atoms with Crippen molar-refractivity contribution in [1.29, 1.82) is 0 Å². The molecule has 0 saturated carbocycles. The molecule has 0 aromatic rings. The second kappa shape index (κ2) is 4.58. The van der Waals surface area contributed by atoms with Crippen molar-refractivity contribution < 1.29 is 4.79 Å². The second-order valence-electron chi connectivity index (χ2n) is 3.89. The highest BCUT2D eigenvalue weighted by molar-refractivity contribution is 5.79. The van der Waals surface area contributed by atoms with Crippen molar-refractivity contribution in [2.24, 2.45) is 17.6 Å². The van der Waals surface area contributed by atoms with Crippen LogP contribution in [0.2, 0.25) is 0 Å². The summed E-state index contributed by atoms with van der Waals surface area (Å²) >= 11 is 0. The number of amides is 1. The molecule has 1 aliphatic heterocycles. The molecule has 1 rings (SSSR count). The summed E-state index contributed by atoms with van der Waals surface area (Å²) in [5, 5.41) is 6.10. The Morgan fingerprint density at radius 1 is 1.69 bits per heavy atom. The molecular formula is C9H19N3O. The summed E-state index contributed by atoms with van der Waals surface area (Å²) in [6, 6.07) is 0.0836. The maximum Gasteiger partial charge on any atom is 0.224 e. The summed E-state index contributed by atoms with van der Waals surface area (Å²) in [6.07, 6.45) is 0. The van der Waals surface area contributed by atoms with Crippen molar-refractivity contribution in [2.75, 3.05) is 19.6 Å². The Morgan fingerprint density at radius 3 is 2.85 bits per heavy atom. The first-order chi connectivity index (χ1) is 6.15. The molecule has 0 spiro atoms. The summed E-state index contributed by atoms with van der Waals surface area (Å²) in [4.78, 5) is 11.6. The molecule has 0 aliphatic carbocycles.